The zero-order valence-electron chi connectivity index (χ0n) is 20.1. The molecule has 2 nitrogen and oxygen atoms in total. The smallest absolute Gasteiger partial charge is 0.237 e. The first-order valence-electron chi connectivity index (χ1n) is 12.5. The lowest BCUT2D eigenvalue weighted by atomic mass is 9.68. The molecule has 1 amide bonds. The predicted molar refractivity (Wildman–Crippen MR) is 143 cm³/mol. The number of carbonyl (C=O) groups excluding carboxylic acids is 1. The Bertz CT molecular complexity index is 1420. The van der Waals surface area contributed by atoms with Gasteiger partial charge in [0, 0.05) is 5.56 Å². The lowest BCUT2D eigenvalue weighted by Gasteiger charge is -2.37. The third kappa shape index (κ3) is 3.70. The van der Waals surface area contributed by atoms with Crippen LogP contribution < -0.4 is 4.90 Å². The van der Waals surface area contributed by atoms with Gasteiger partial charge in [-0.05, 0) is 65.7 Å². The molecule has 0 saturated heterocycles. The minimum Gasteiger partial charge on any atom is -0.307 e. The SMILES string of the molecule is CC1(Cc2ccccc2)C(=O)N(Cc2ccccc2)c2ccccc2C2=C1CCc1ccccc12. The number of nitrogens with zero attached hydrogens (tertiary/aromatic N) is 1. The van der Waals surface area contributed by atoms with Crippen molar-refractivity contribution in [3.8, 4) is 0 Å². The fraction of sp³-hybridized carbons (Fsp3) is 0.182. The van der Waals surface area contributed by atoms with Crippen molar-refractivity contribution in [1.82, 2.24) is 0 Å². The second kappa shape index (κ2) is 8.70. The highest BCUT2D eigenvalue weighted by atomic mass is 16.2. The highest BCUT2D eigenvalue weighted by molar-refractivity contribution is 6.08. The standard InChI is InChI=1S/C33H29NO/c1-33(22-24-12-4-2-5-13-24)29-21-20-26-16-8-9-17-27(26)31(29)28-18-10-11-19-30(28)34(32(33)35)23-25-14-6-3-7-15-25/h2-19H,20-23H2,1H3. The summed E-state index contributed by atoms with van der Waals surface area (Å²) in [5, 5.41) is 0. The number of hydrogen-bond donors (Lipinski definition) is 0. The Morgan fingerprint density at radius 3 is 2.03 bits per heavy atom. The van der Waals surface area contributed by atoms with E-state index in [9.17, 15) is 4.79 Å². The van der Waals surface area contributed by atoms with Crippen LogP contribution in [0.15, 0.2) is 115 Å². The molecule has 2 heteroatoms. The van der Waals surface area contributed by atoms with Gasteiger partial charge in [-0.3, -0.25) is 4.79 Å². The van der Waals surface area contributed by atoms with Crippen LogP contribution in [0, 0.1) is 5.41 Å². The molecule has 1 heterocycles. The second-order valence-corrected chi connectivity index (χ2v) is 9.90. The molecule has 0 radical (unpaired) electrons. The van der Waals surface area contributed by atoms with Crippen molar-refractivity contribution in [2.24, 2.45) is 5.41 Å². The van der Waals surface area contributed by atoms with Gasteiger partial charge in [-0.2, -0.15) is 0 Å². The van der Waals surface area contributed by atoms with Gasteiger partial charge in [-0.25, -0.2) is 0 Å². The van der Waals surface area contributed by atoms with Crippen LogP contribution in [0.25, 0.3) is 5.57 Å². The van der Waals surface area contributed by atoms with Gasteiger partial charge in [0.05, 0.1) is 17.6 Å². The number of rotatable bonds is 4. The molecule has 0 fully saturated rings. The van der Waals surface area contributed by atoms with Gasteiger partial charge < -0.3 is 4.90 Å². The molecule has 2 aliphatic rings. The molecule has 4 aromatic rings. The van der Waals surface area contributed by atoms with E-state index in [1.165, 1.54) is 27.8 Å². The summed E-state index contributed by atoms with van der Waals surface area (Å²) < 4.78 is 0. The molecule has 0 saturated carbocycles. The van der Waals surface area contributed by atoms with E-state index in [0.717, 1.165) is 29.7 Å². The van der Waals surface area contributed by atoms with E-state index in [1.54, 1.807) is 0 Å². The predicted octanol–water partition coefficient (Wildman–Crippen LogP) is 7.23. The molecule has 0 spiro atoms. The quantitative estimate of drug-likeness (QED) is 0.318. The summed E-state index contributed by atoms with van der Waals surface area (Å²) in [7, 11) is 0. The van der Waals surface area contributed by atoms with Crippen molar-refractivity contribution in [2.45, 2.75) is 32.7 Å². The Morgan fingerprint density at radius 1 is 0.686 bits per heavy atom. The van der Waals surface area contributed by atoms with Crippen LogP contribution in [0.1, 0.15) is 41.2 Å². The maximum atomic E-state index is 14.7. The number of aryl methyl sites for hydroxylation is 1. The van der Waals surface area contributed by atoms with Crippen molar-refractivity contribution >= 4 is 17.2 Å². The van der Waals surface area contributed by atoms with Gasteiger partial charge >= 0.3 is 0 Å². The number of anilines is 1. The third-order valence-corrected chi connectivity index (χ3v) is 7.66. The van der Waals surface area contributed by atoms with Gasteiger partial charge in [0.15, 0.2) is 0 Å². The summed E-state index contributed by atoms with van der Waals surface area (Å²) in [5.41, 5.74) is 9.02. The normalized spacial score (nSPS) is 19.0. The van der Waals surface area contributed by atoms with Gasteiger partial charge in [0.2, 0.25) is 5.91 Å². The summed E-state index contributed by atoms with van der Waals surface area (Å²) in [6.07, 6.45) is 2.55. The minimum absolute atomic E-state index is 0.182. The first-order valence-corrected chi connectivity index (χ1v) is 12.5. The summed E-state index contributed by atoms with van der Waals surface area (Å²) >= 11 is 0. The van der Waals surface area contributed by atoms with E-state index in [4.69, 9.17) is 0 Å². The van der Waals surface area contributed by atoms with Crippen molar-refractivity contribution in [3.05, 3.63) is 143 Å². The van der Waals surface area contributed by atoms with Crippen LogP contribution in [-0.4, -0.2) is 5.91 Å². The molecule has 35 heavy (non-hydrogen) atoms. The molecule has 6 rings (SSSR count). The van der Waals surface area contributed by atoms with E-state index in [2.05, 4.69) is 91.9 Å². The Kier molecular flexibility index (Phi) is 5.37. The molecular formula is C33H29NO. The minimum atomic E-state index is -0.641. The van der Waals surface area contributed by atoms with Gasteiger partial charge in [-0.15, -0.1) is 0 Å². The first-order chi connectivity index (χ1) is 17.1. The zero-order chi connectivity index (χ0) is 23.8. The monoisotopic (exact) mass is 455 g/mol. The first kappa shape index (κ1) is 21.6. The largest absolute Gasteiger partial charge is 0.307 e. The van der Waals surface area contributed by atoms with Crippen LogP contribution in [-0.2, 0) is 24.2 Å². The molecule has 0 N–H and O–H groups in total. The Morgan fingerprint density at radius 2 is 1.29 bits per heavy atom. The van der Waals surface area contributed by atoms with Crippen LogP contribution in [0.5, 0.6) is 0 Å². The average Bonchev–Trinajstić information content (AvgIpc) is 2.98. The van der Waals surface area contributed by atoms with E-state index in [0.29, 0.717) is 13.0 Å². The molecule has 1 atom stereocenters. The topological polar surface area (TPSA) is 20.3 Å². The molecule has 0 bridgehead atoms. The lowest BCUT2D eigenvalue weighted by Crippen LogP contribution is -2.44. The average molecular weight is 456 g/mol. The van der Waals surface area contributed by atoms with E-state index >= 15 is 0 Å². The number of amides is 1. The van der Waals surface area contributed by atoms with Crippen LogP contribution in [0.2, 0.25) is 0 Å². The second-order valence-electron chi connectivity index (χ2n) is 9.90. The van der Waals surface area contributed by atoms with Crippen molar-refractivity contribution in [3.63, 3.8) is 0 Å². The lowest BCUT2D eigenvalue weighted by molar-refractivity contribution is -0.125. The van der Waals surface area contributed by atoms with Crippen LogP contribution in [0.4, 0.5) is 5.69 Å². The molecule has 1 unspecified atom stereocenters. The van der Waals surface area contributed by atoms with Crippen molar-refractivity contribution < 1.29 is 4.79 Å². The molecule has 1 aliphatic carbocycles. The maximum absolute atomic E-state index is 14.7. The van der Waals surface area contributed by atoms with Crippen molar-refractivity contribution in [1.29, 1.82) is 0 Å². The molecular weight excluding hydrogens is 426 g/mol. The highest BCUT2D eigenvalue weighted by Gasteiger charge is 2.46. The third-order valence-electron chi connectivity index (χ3n) is 7.66. The van der Waals surface area contributed by atoms with Gasteiger partial charge in [0.25, 0.3) is 0 Å². The summed E-state index contributed by atoms with van der Waals surface area (Å²) in [6.45, 7) is 2.73. The van der Waals surface area contributed by atoms with Crippen molar-refractivity contribution in [2.75, 3.05) is 4.90 Å². The summed E-state index contributed by atoms with van der Waals surface area (Å²) in [6, 6.07) is 38.0. The number of fused-ring (bicyclic) bond motifs is 4. The fourth-order valence-electron chi connectivity index (χ4n) is 5.95. The summed E-state index contributed by atoms with van der Waals surface area (Å²) in [5.74, 6) is 0.182. The molecule has 1 aliphatic heterocycles. The fourth-order valence-corrected chi connectivity index (χ4v) is 5.95. The number of carbonyl (C=O) groups is 1. The maximum Gasteiger partial charge on any atom is 0.237 e. The molecule has 172 valence electrons. The summed E-state index contributed by atoms with van der Waals surface area (Å²) in [4.78, 5) is 16.7. The van der Waals surface area contributed by atoms with E-state index in [-0.39, 0.29) is 5.91 Å². The molecule has 4 aromatic carbocycles. The Hall–Kier alpha value is -3.91. The Labute approximate surface area is 207 Å². The number of para-hydroxylation sites is 1. The van der Waals surface area contributed by atoms with Gasteiger partial charge in [0.1, 0.15) is 0 Å². The van der Waals surface area contributed by atoms with E-state index in [1.807, 2.05) is 29.2 Å². The Balaban J connectivity index is 1.61. The number of hydrogen-bond acceptors (Lipinski definition) is 1. The highest BCUT2D eigenvalue weighted by Crippen LogP contribution is 2.51. The van der Waals surface area contributed by atoms with E-state index < -0.39 is 5.41 Å². The van der Waals surface area contributed by atoms with Crippen LogP contribution in [0.3, 0.4) is 0 Å². The zero-order valence-corrected chi connectivity index (χ0v) is 20.1. The van der Waals surface area contributed by atoms with Crippen LogP contribution >= 0.6 is 0 Å². The molecule has 0 aromatic heterocycles. The number of benzene rings is 4. The van der Waals surface area contributed by atoms with Gasteiger partial charge in [-0.1, -0.05) is 103 Å².